The number of H-pyrrole nitrogens is 1. The Morgan fingerprint density at radius 2 is 1.84 bits per heavy atom. The van der Waals surface area contributed by atoms with Gasteiger partial charge in [-0.05, 0) is 39.7 Å². The van der Waals surface area contributed by atoms with Crippen LogP contribution in [0.4, 0.5) is 30.7 Å². The molecule has 44 heavy (non-hydrogen) atoms. The molecule has 242 valence electrons. The van der Waals surface area contributed by atoms with Crippen LogP contribution in [0.5, 0.6) is 0 Å². The molecular weight excluding hydrogens is 599 g/mol. The largest absolute Gasteiger partial charge is 0.326 e. The average molecular weight is 634 g/mol. The molecule has 1 saturated carbocycles. The molecule has 0 spiro atoms. The molecule has 3 aromatic rings. The predicted molar refractivity (Wildman–Crippen MR) is 145 cm³/mol. The van der Waals surface area contributed by atoms with Gasteiger partial charge in [-0.2, -0.15) is 13.9 Å². The lowest BCUT2D eigenvalue weighted by atomic mass is 9.90. The molecule has 2 heterocycles. The van der Waals surface area contributed by atoms with Gasteiger partial charge in [0.1, 0.15) is 17.7 Å². The first-order valence-corrected chi connectivity index (χ1v) is 14.2. The summed E-state index contributed by atoms with van der Waals surface area (Å²) >= 11 is 0. The van der Waals surface area contributed by atoms with E-state index in [4.69, 9.17) is 0 Å². The van der Waals surface area contributed by atoms with Crippen LogP contribution in [0.15, 0.2) is 18.5 Å². The van der Waals surface area contributed by atoms with Crippen LogP contribution in [0.1, 0.15) is 100 Å². The van der Waals surface area contributed by atoms with Crippen LogP contribution in [0.3, 0.4) is 0 Å². The Kier molecular flexibility index (Phi) is 9.31. The van der Waals surface area contributed by atoms with Gasteiger partial charge in [0.05, 0.1) is 18.0 Å². The summed E-state index contributed by atoms with van der Waals surface area (Å²) in [7, 11) is 0. The standard InChI is InChI=1S/C28H34F7N7O2/c1-5-28(34,35)39-24(43)18(12-26(4,30)31)17-6-7-19-22(21(17)29)38-20(42(19)16-8-10-27(32,33)11-9-16)13-41(15(2)3)25(44)23-36-14-37-40-23/h6-7,14-16,18H,5,8-13H2,1-4H3,(H,39,43)(H,36,37,40)/t18-/m0/s1. The van der Waals surface area contributed by atoms with Crippen LogP contribution in [-0.4, -0.2) is 65.4 Å². The molecule has 16 heteroatoms. The second-order valence-electron chi connectivity index (χ2n) is 11.6. The van der Waals surface area contributed by atoms with E-state index in [1.165, 1.54) is 16.3 Å². The molecule has 1 atom stereocenters. The lowest BCUT2D eigenvalue weighted by molar-refractivity contribution is -0.136. The zero-order chi connectivity index (χ0) is 32.6. The molecule has 0 unspecified atom stereocenters. The number of rotatable bonds is 11. The van der Waals surface area contributed by atoms with Crippen LogP contribution >= 0.6 is 0 Å². The van der Waals surface area contributed by atoms with Crippen molar-refractivity contribution in [1.82, 2.24) is 34.9 Å². The first-order valence-electron chi connectivity index (χ1n) is 14.2. The fraction of sp³-hybridized carbons (Fsp3) is 0.607. The number of amides is 2. The smallest absolute Gasteiger partial charge is 0.325 e. The third-order valence-corrected chi connectivity index (χ3v) is 7.77. The predicted octanol–water partition coefficient (Wildman–Crippen LogP) is 6.34. The topological polar surface area (TPSA) is 109 Å². The Balaban J connectivity index is 1.84. The minimum atomic E-state index is -3.72. The number of aromatic amines is 1. The number of carbonyl (C=O) groups is 2. The van der Waals surface area contributed by atoms with Crippen molar-refractivity contribution in [1.29, 1.82) is 0 Å². The first kappa shape index (κ1) is 33.2. The van der Waals surface area contributed by atoms with Gasteiger partial charge in [0, 0.05) is 43.3 Å². The van der Waals surface area contributed by atoms with Crippen molar-refractivity contribution in [2.45, 2.75) is 109 Å². The number of aromatic nitrogens is 5. The first-order chi connectivity index (χ1) is 20.4. The molecule has 9 nitrogen and oxygen atoms in total. The van der Waals surface area contributed by atoms with E-state index in [0.717, 1.165) is 19.3 Å². The van der Waals surface area contributed by atoms with E-state index in [9.17, 15) is 35.9 Å². The fourth-order valence-corrected chi connectivity index (χ4v) is 5.41. The lowest BCUT2D eigenvalue weighted by Crippen LogP contribution is -2.44. The van der Waals surface area contributed by atoms with E-state index in [0.29, 0.717) is 6.92 Å². The number of alkyl halides is 6. The van der Waals surface area contributed by atoms with Crippen molar-refractivity contribution in [2.24, 2.45) is 0 Å². The summed E-state index contributed by atoms with van der Waals surface area (Å²) in [5, 5.41) is 7.57. The van der Waals surface area contributed by atoms with Crippen LogP contribution in [0.25, 0.3) is 11.0 Å². The van der Waals surface area contributed by atoms with E-state index in [-0.39, 0.29) is 42.1 Å². The maximum absolute atomic E-state index is 16.2. The number of halogens is 7. The van der Waals surface area contributed by atoms with Gasteiger partial charge >= 0.3 is 6.05 Å². The zero-order valence-corrected chi connectivity index (χ0v) is 24.6. The number of nitrogens with one attached hydrogen (secondary N) is 2. The molecule has 1 fully saturated rings. The Labute approximate surface area is 248 Å². The highest BCUT2D eigenvalue weighted by molar-refractivity contribution is 5.90. The van der Waals surface area contributed by atoms with Gasteiger partial charge in [0.25, 0.3) is 5.91 Å². The third-order valence-electron chi connectivity index (χ3n) is 7.77. The summed E-state index contributed by atoms with van der Waals surface area (Å²) in [6, 6.07) is -2.36. The zero-order valence-electron chi connectivity index (χ0n) is 24.6. The molecule has 0 aliphatic heterocycles. The molecule has 1 aromatic carbocycles. The summed E-state index contributed by atoms with van der Waals surface area (Å²) in [4.78, 5) is 35.7. The lowest BCUT2D eigenvalue weighted by Gasteiger charge is -2.32. The van der Waals surface area contributed by atoms with Gasteiger partial charge in [0.2, 0.25) is 23.6 Å². The van der Waals surface area contributed by atoms with Crippen LogP contribution < -0.4 is 5.32 Å². The Morgan fingerprint density at radius 3 is 2.39 bits per heavy atom. The van der Waals surface area contributed by atoms with Gasteiger partial charge in [-0.1, -0.05) is 13.0 Å². The quantitative estimate of drug-likeness (QED) is 0.189. The van der Waals surface area contributed by atoms with Crippen molar-refractivity contribution in [2.75, 3.05) is 0 Å². The van der Waals surface area contributed by atoms with E-state index >= 15 is 4.39 Å². The van der Waals surface area contributed by atoms with Crippen molar-refractivity contribution in [3.05, 3.63) is 41.5 Å². The van der Waals surface area contributed by atoms with Crippen molar-refractivity contribution in [3.63, 3.8) is 0 Å². The van der Waals surface area contributed by atoms with Crippen LogP contribution in [-0.2, 0) is 11.3 Å². The maximum atomic E-state index is 16.2. The molecule has 0 bridgehead atoms. The Hall–Kier alpha value is -3.72. The monoisotopic (exact) mass is 633 g/mol. The summed E-state index contributed by atoms with van der Waals surface area (Å²) in [6.07, 6.45) is -1.81. The molecule has 2 aromatic heterocycles. The van der Waals surface area contributed by atoms with E-state index in [2.05, 4.69) is 20.2 Å². The number of hydrogen-bond acceptors (Lipinski definition) is 5. The van der Waals surface area contributed by atoms with Crippen molar-refractivity contribution < 1.29 is 40.3 Å². The average Bonchev–Trinajstić information content (AvgIpc) is 3.59. The molecule has 2 amide bonds. The molecular formula is C28H34F7N7O2. The molecule has 0 saturated heterocycles. The summed E-state index contributed by atoms with van der Waals surface area (Å²) in [6.45, 7) is 4.77. The van der Waals surface area contributed by atoms with E-state index in [1.807, 2.05) is 0 Å². The number of hydrogen-bond donors (Lipinski definition) is 2. The molecule has 0 radical (unpaired) electrons. The molecule has 4 rings (SSSR count). The summed E-state index contributed by atoms with van der Waals surface area (Å²) in [5.41, 5.74) is -0.827. The highest BCUT2D eigenvalue weighted by atomic mass is 19.3. The van der Waals surface area contributed by atoms with Crippen LogP contribution in [0.2, 0.25) is 0 Å². The number of imidazole rings is 1. The molecule has 1 aliphatic carbocycles. The highest BCUT2D eigenvalue weighted by Gasteiger charge is 2.40. The number of fused-ring (bicyclic) bond motifs is 1. The van der Waals surface area contributed by atoms with Gasteiger partial charge in [-0.25, -0.2) is 31.9 Å². The summed E-state index contributed by atoms with van der Waals surface area (Å²) in [5.74, 6) is -11.6. The van der Waals surface area contributed by atoms with Gasteiger partial charge in [-0.3, -0.25) is 20.0 Å². The van der Waals surface area contributed by atoms with E-state index < -0.39 is 84.8 Å². The Morgan fingerprint density at radius 1 is 1.18 bits per heavy atom. The highest BCUT2D eigenvalue weighted by Crippen LogP contribution is 2.42. The summed E-state index contributed by atoms with van der Waals surface area (Å²) < 4.78 is 102. The van der Waals surface area contributed by atoms with Gasteiger partial charge < -0.3 is 9.47 Å². The van der Waals surface area contributed by atoms with Crippen LogP contribution in [0, 0.1) is 5.82 Å². The second kappa shape index (κ2) is 12.3. The molecule has 1 aliphatic rings. The molecule has 2 N–H and O–H groups in total. The SMILES string of the molecule is CCC(F)(F)NC(=O)[C@@H](CC(C)(F)F)c1ccc2c(nc(CN(C(=O)c3ncn[nH]3)C(C)C)n2C2CCC(F)(F)CC2)c1F. The van der Waals surface area contributed by atoms with Gasteiger partial charge in [-0.15, -0.1) is 0 Å². The minimum Gasteiger partial charge on any atom is -0.326 e. The van der Waals surface area contributed by atoms with Crippen molar-refractivity contribution in [3.8, 4) is 0 Å². The van der Waals surface area contributed by atoms with Gasteiger partial charge in [0.15, 0.2) is 5.82 Å². The Bertz CT molecular complexity index is 1480. The third kappa shape index (κ3) is 7.32. The second-order valence-corrected chi connectivity index (χ2v) is 11.6. The normalized spacial score (nSPS) is 16.8. The maximum Gasteiger partial charge on any atom is 0.325 e. The van der Waals surface area contributed by atoms with Crippen molar-refractivity contribution >= 4 is 22.8 Å². The van der Waals surface area contributed by atoms with E-state index in [1.54, 1.807) is 18.4 Å². The number of nitrogens with zero attached hydrogens (tertiary/aromatic N) is 5. The number of carbonyl (C=O) groups excluding carboxylic acids is 2. The number of benzene rings is 1. The fourth-order valence-electron chi connectivity index (χ4n) is 5.41. The minimum absolute atomic E-state index is 0.00570.